The van der Waals surface area contributed by atoms with Crippen molar-refractivity contribution in [3.05, 3.63) is 41.6 Å². The van der Waals surface area contributed by atoms with Crippen molar-refractivity contribution in [2.45, 2.75) is 39.2 Å². The van der Waals surface area contributed by atoms with E-state index in [1.807, 2.05) is 37.1 Å². The minimum absolute atomic E-state index is 0.0695. The summed E-state index contributed by atoms with van der Waals surface area (Å²) in [6, 6.07) is 10.1. The minimum Gasteiger partial charge on any atom is -0.340 e. The fourth-order valence-electron chi connectivity index (χ4n) is 3.12. The van der Waals surface area contributed by atoms with Gasteiger partial charge in [0.1, 0.15) is 5.82 Å². The second kappa shape index (κ2) is 7.23. The van der Waals surface area contributed by atoms with Gasteiger partial charge in [-0.2, -0.15) is 4.98 Å². The third-order valence-electron chi connectivity index (χ3n) is 4.76. The predicted octanol–water partition coefficient (Wildman–Crippen LogP) is 3.28. The Morgan fingerprint density at radius 1 is 1.19 bits per heavy atom. The minimum atomic E-state index is -2.94. The molecule has 1 fully saturated rings. The number of nitrogens with zero attached hydrogens (tertiary/aromatic N) is 3. The molecule has 0 bridgehead atoms. The molecule has 1 aliphatic heterocycles. The smallest absolute Gasteiger partial charge is 0.227 e. The molecule has 0 radical (unpaired) electrons. The molecular weight excluding hydrogens is 348 g/mol. The van der Waals surface area contributed by atoms with E-state index in [9.17, 15) is 8.42 Å². The van der Waals surface area contributed by atoms with Crippen LogP contribution >= 0.6 is 0 Å². The van der Waals surface area contributed by atoms with Crippen LogP contribution in [0.1, 0.15) is 37.4 Å². The van der Waals surface area contributed by atoms with Gasteiger partial charge < -0.3 is 10.2 Å². The Morgan fingerprint density at radius 2 is 1.88 bits per heavy atom. The van der Waals surface area contributed by atoms with Crippen molar-refractivity contribution in [2.24, 2.45) is 0 Å². The molecule has 1 saturated heterocycles. The highest BCUT2D eigenvalue weighted by Crippen LogP contribution is 2.24. The molecule has 26 heavy (non-hydrogen) atoms. The standard InChI is InChI=1S/C19H26N4O2S/c1-13(2)15-5-7-16(8-6-15)21-18-11-14(3)20-19(22-18)23(4)17-9-10-26(24,25)12-17/h5-8,11,13,17H,9-10,12H2,1-4H3,(H,20,21,22). The Kier molecular flexibility index (Phi) is 5.18. The van der Waals surface area contributed by atoms with Gasteiger partial charge in [-0.15, -0.1) is 0 Å². The third-order valence-corrected chi connectivity index (χ3v) is 6.51. The van der Waals surface area contributed by atoms with E-state index in [1.54, 1.807) is 0 Å². The number of sulfone groups is 1. The van der Waals surface area contributed by atoms with Crippen LogP contribution in [-0.4, -0.2) is 43.0 Å². The van der Waals surface area contributed by atoms with E-state index in [0.717, 1.165) is 11.4 Å². The Morgan fingerprint density at radius 3 is 2.46 bits per heavy atom. The first-order valence-corrected chi connectivity index (χ1v) is 10.7. The number of nitrogens with one attached hydrogen (secondary N) is 1. The molecule has 6 nitrogen and oxygen atoms in total. The summed E-state index contributed by atoms with van der Waals surface area (Å²) in [5, 5.41) is 3.32. The van der Waals surface area contributed by atoms with Gasteiger partial charge in [-0.25, -0.2) is 13.4 Å². The number of aryl methyl sites for hydroxylation is 1. The number of benzene rings is 1. The van der Waals surface area contributed by atoms with E-state index in [-0.39, 0.29) is 17.5 Å². The summed E-state index contributed by atoms with van der Waals surface area (Å²) in [7, 11) is -1.08. The van der Waals surface area contributed by atoms with Crippen LogP contribution in [-0.2, 0) is 9.84 Å². The van der Waals surface area contributed by atoms with Gasteiger partial charge >= 0.3 is 0 Å². The number of aromatic nitrogens is 2. The molecule has 2 aromatic rings. The number of anilines is 3. The summed E-state index contributed by atoms with van der Waals surface area (Å²) in [6.07, 6.45) is 0.621. The van der Waals surface area contributed by atoms with Crippen LogP contribution in [0.4, 0.5) is 17.5 Å². The lowest BCUT2D eigenvalue weighted by Crippen LogP contribution is -2.34. The molecule has 3 rings (SSSR count). The van der Waals surface area contributed by atoms with Crippen molar-refractivity contribution in [3.8, 4) is 0 Å². The molecule has 1 aromatic carbocycles. The van der Waals surface area contributed by atoms with E-state index in [0.29, 0.717) is 24.1 Å². The maximum atomic E-state index is 11.7. The maximum Gasteiger partial charge on any atom is 0.227 e. The van der Waals surface area contributed by atoms with Gasteiger partial charge in [0.2, 0.25) is 5.95 Å². The lowest BCUT2D eigenvalue weighted by atomic mass is 10.0. The van der Waals surface area contributed by atoms with Crippen LogP contribution in [0.15, 0.2) is 30.3 Å². The third kappa shape index (κ3) is 4.33. The van der Waals surface area contributed by atoms with Crippen molar-refractivity contribution in [3.63, 3.8) is 0 Å². The molecule has 0 amide bonds. The quantitative estimate of drug-likeness (QED) is 0.866. The van der Waals surface area contributed by atoms with Crippen molar-refractivity contribution < 1.29 is 8.42 Å². The zero-order valence-electron chi connectivity index (χ0n) is 15.7. The molecule has 2 heterocycles. The van der Waals surface area contributed by atoms with Crippen LogP contribution < -0.4 is 10.2 Å². The fourth-order valence-corrected chi connectivity index (χ4v) is 4.89. The number of rotatable bonds is 5. The molecule has 1 aliphatic rings. The monoisotopic (exact) mass is 374 g/mol. The molecule has 1 unspecified atom stereocenters. The van der Waals surface area contributed by atoms with Crippen LogP contribution in [0.5, 0.6) is 0 Å². The summed E-state index contributed by atoms with van der Waals surface area (Å²) >= 11 is 0. The SMILES string of the molecule is Cc1cc(Nc2ccc(C(C)C)cc2)nc(N(C)C2CCS(=O)(=O)C2)n1. The first-order chi connectivity index (χ1) is 12.2. The van der Waals surface area contributed by atoms with Crippen LogP contribution in [0.25, 0.3) is 0 Å². The highest BCUT2D eigenvalue weighted by atomic mass is 32.2. The number of hydrogen-bond acceptors (Lipinski definition) is 6. The number of hydrogen-bond donors (Lipinski definition) is 1. The van der Waals surface area contributed by atoms with Gasteiger partial charge in [0.05, 0.1) is 11.5 Å². The summed E-state index contributed by atoms with van der Waals surface area (Å²) in [4.78, 5) is 11.0. The lowest BCUT2D eigenvalue weighted by molar-refractivity contribution is 0.600. The van der Waals surface area contributed by atoms with Gasteiger partial charge in [-0.3, -0.25) is 0 Å². The molecular formula is C19H26N4O2S. The van der Waals surface area contributed by atoms with Gasteiger partial charge in [0, 0.05) is 30.5 Å². The topological polar surface area (TPSA) is 75.2 Å². The molecule has 1 N–H and O–H groups in total. The van der Waals surface area contributed by atoms with E-state index < -0.39 is 9.84 Å². The molecule has 140 valence electrons. The largest absolute Gasteiger partial charge is 0.340 e. The summed E-state index contributed by atoms with van der Waals surface area (Å²) < 4.78 is 23.5. The van der Waals surface area contributed by atoms with Crippen LogP contribution in [0, 0.1) is 6.92 Å². The molecule has 0 saturated carbocycles. The molecule has 0 spiro atoms. The van der Waals surface area contributed by atoms with E-state index in [4.69, 9.17) is 0 Å². The normalized spacial score (nSPS) is 18.9. The fraction of sp³-hybridized carbons (Fsp3) is 0.474. The second-order valence-electron chi connectivity index (χ2n) is 7.26. The molecule has 1 aromatic heterocycles. The second-order valence-corrected chi connectivity index (χ2v) is 9.49. The van der Waals surface area contributed by atoms with Crippen LogP contribution in [0.2, 0.25) is 0 Å². The summed E-state index contributed by atoms with van der Waals surface area (Å²) in [5.41, 5.74) is 3.09. The molecule has 0 aliphatic carbocycles. The van der Waals surface area contributed by atoms with Gasteiger partial charge in [0.15, 0.2) is 9.84 Å². The Hall–Kier alpha value is -2.15. The van der Waals surface area contributed by atoms with Crippen LogP contribution in [0.3, 0.4) is 0 Å². The van der Waals surface area contributed by atoms with Gasteiger partial charge in [-0.1, -0.05) is 26.0 Å². The predicted molar refractivity (Wildman–Crippen MR) is 106 cm³/mol. The average molecular weight is 375 g/mol. The van der Waals surface area contributed by atoms with E-state index in [2.05, 4.69) is 41.3 Å². The zero-order valence-corrected chi connectivity index (χ0v) is 16.5. The zero-order chi connectivity index (χ0) is 18.9. The Bertz CT molecular complexity index is 879. The Balaban J connectivity index is 1.79. The van der Waals surface area contributed by atoms with E-state index in [1.165, 1.54) is 5.56 Å². The lowest BCUT2D eigenvalue weighted by Gasteiger charge is -2.24. The molecule has 1 atom stereocenters. The first-order valence-electron chi connectivity index (χ1n) is 8.89. The van der Waals surface area contributed by atoms with Crippen molar-refractivity contribution in [2.75, 3.05) is 28.8 Å². The van der Waals surface area contributed by atoms with Crippen molar-refractivity contribution in [1.29, 1.82) is 0 Å². The Labute approximate surface area is 155 Å². The molecule has 7 heteroatoms. The van der Waals surface area contributed by atoms with Gasteiger partial charge in [0.25, 0.3) is 0 Å². The highest BCUT2D eigenvalue weighted by Gasteiger charge is 2.31. The maximum absolute atomic E-state index is 11.7. The van der Waals surface area contributed by atoms with Crippen molar-refractivity contribution in [1.82, 2.24) is 9.97 Å². The average Bonchev–Trinajstić information content (AvgIpc) is 2.94. The highest BCUT2D eigenvalue weighted by molar-refractivity contribution is 7.91. The van der Waals surface area contributed by atoms with Gasteiger partial charge in [-0.05, 0) is 37.0 Å². The van der Waals surface area contributed by atoms with E-state index >= 15 is 0 Å². The van der Waals surface area contributed by atoms with Crippen molar-refractivity contribution >= 4 is 27.3 Å². The summed E-state index contributed by atoms with van der Waals surface area (Å²) in [6.45, 7) is 6.25. The summed E-state index contributed by atoms with van der Waals surface area (Å²) in [5.74, 6) is 2.15. The first kappa shape index (κ1) is 18.6.